The van der Waals surface area contributed by atoms with Crippen molar-refractivity contribution in [2.45, 2.75) is 0 Å². The fourth-order valence-corrected chi connectivity index (χ4v) is 1.98. The lowest BCUT2D eigenvalue weighted by atomic mass is 10.1. The van der Waals surface area contributed by atoms with E-state index >= 15 is 0 Å². The molecule has 96 valence electrons. The molecule has 6 heteroatoms. The molecule has 0 radical (unpaired) electrons. The molecule has 0 spiro atoms. The Hall–Kier alpha value is -2.63. The molecule has 0 aliphatic carbocycles. The summed E-state index contributed by atoms with van der Waals surface area (Å²) in [4.78, 5) is 7.66. The molecule has 1 aromatic carbocycles. The van der Waals surface area contributed by atoms with Crippen molar-refractivity contribution in [2.75, 3.05) is 14.2 Å². The lowest BCUT2D eigenvalue weighted by Gasteiger charge is -2.10. The summed E-state index contributed by atoms with van der Waals surface area (Å²) in [6, 6.07) is 5.65. The molecule has 2 aromatic heterocycles. The highest BCUT2D eigenvalue weighted by atomic mass is 16.5. The van der Waals surface area contributed by atoms with E-state index in [0.29, 0.717) is 17.3 Å². The highest BCUT2D eigenvalue weighted by Crippen LogP contribution is 2.36. The molecule has 6 nitrogen and oxygen atoms in total. The van der Waals surface area contributed by atoms with Crippen LogP contribution < -0.4 is 9.47 Å². The first-order valence-corrected chi connectivity index (χ1v) is 5.71. The minimum Gasteiger partial charge on any atom is -0.493 e. The molecular formula is C13H12N4O2. The van der Waals surface area contributed by atoms with Crippen LogP contribution in [0.1, 0.15) is 0 Å². The predicted octanol–water partition coefficient (Wildman–Crippen LogP) is 2.04. The molecule has 0 aliphatic rings. The van der Waals surface area contributed by atoms with Crippen molar-refractivity contribution in [1.29, 1.82) is 0 Å². The molecule has 0 aliphatic heterocycles. The molecule has 2 heterocycles. The zero-order valence-electron chi connectivity index (χ0n) is 10.5. The molecule has 0 saturated carbocycles. The predicted molar refractivity (Wildman–Crippen MR) is 70.2 cm³/mol. The number of para-hydroxylation sites is 1. The second-order valence-corrected chi connectivity index (χ2v) is 3.91. The number of aromatic nitrogens is 4. The standard InChI is InChI=1S/C13H12N4O2/c1-18-11-5-3-4-8(12(11)19-2)13-16-9-6-14-15-7-10(9)17-13/h3-7H,1-2H3,(H,16,17). The van der Waals surface area contributed by atoms with Gasteiger partial charge in [0, 0.05) is 0 Å². The van der Waals surface area contributed by atoms with E-state index in [0.717, 1.165) is 16.6 Å². The topological polar surface area (TPSA) is 72.9 Å². The average molecular weight is 256 g/mol. The summed E-state index contributed by atoms with van der Waals surface area (Å²) in [5.41, 5.74) is 2.42. The SMILES string of the molecule is COc1cccc(-c2nc3cnncc3[nH]2)c1OC. The van der Waals surface area contributed by atoms with Crippen LogP contribution in [-0.2, 0) is 0 Å². The van der Waals surface area contributed by atoms with E-state index in [9.17, 15) is 0 Å². The van der Waals surface area contributed by atoms with Crippen molar-refractivity contribution < 1.29 is 9.47 Å². The van der Waals surface area contributed by atoms with E-state index in [1.54, 1.807) is 26.6 Å². The number of hydrogen-bond donors (Lipinski definition) is 1. The smallest absolute Gasteiger partial charge is 0.171 e. The van der Waals surface area contributed by atoms with Crippen LogP contribution in [0.2, 0.25) is 0 Å². The van der Waals surface area contributed by atoms with Crippen LogP contribution in [0.15, 0.2) is 30.6 Å². The number of imidazole rings is 1. The maximum absolute atomic E-state index is 5.40. The second-order valence-electron chi connectivity index (χ2n) is 3.91. The zero-order chi connectivity index (χ0) is 13.2. The van der Waals surface area contributed by atoms with Crippen LogP contribution in [0, 0.1) is 0 Å². The van der Waals surface area contributed by atoms with E-state index < -0.39 is 0 Å². The molecule has 0 bridgehead atoms. The second kappa shape index (κ2) is 4.56. The lowest BCUT2D eigenvalue weighted by Crippen LogP contribution is -1.93. The van der Waals surface area contributed by atoms with Crippen LogP contribution in [0.4, 0.5) is 0 Å². The summed E-state index contributed by atoms with van der Waals surface area (Å²) < 4.78 is 10.7. The number of hydrogen-bond acceptors (Lipinski definition) is 5. The van der Waals surface area contributed by atoms with Gasteiger partial charge in [0.1, 0.15) is 11.3 Å². The molecule has 0 fully saturated rings. The highest BCUT2D eigenvalue weighted by molar-refractivity contribution is 5.80. The van der Waals surface area contributed by atoms with Crippen LogP contribution in [-0.4, -0.2) is 34.4 Å². The van der Waals surface area contributed by atoms with E-state index in [1.807, 2.05) is 18.2 Å². The monoisotopic (exact) mass is 256 g/mol. The lowest BCUT2D eigenvalue weighted by molar-refractivity contribution is 0.356. The van der Waals surface area contributed by atoms with E-state index in [1.165, 1.54) is 0 Å². The van der Waals surface area contributed by atoms with Gasteiger partial charge in [-0.05, 0) is 12.1 Å². The largest absolute Gasteiger partial charge is 0.493 e. The van der Waals surface area contributed by atoms with Gasteiger partial charge in [0.15, 0.2) is 11.5 Å². The van der Waals surface area contributed by atoms with Gasteiger partial charge in [0.2, 0.25) is 0 Å². The molecule has 3 rings (SSSR count). The third-order valence-electron chi connectivity index (χ3n) is 2.85. The van der Waals surface area contributed by atoms with Gasteiger partial charge in [0.25, 0.3) is 0 Å². The maximum atomic E-state index is 5.40. The van der Waals surface area contributed by atoms with Crippen LogP contribution >= 0.6 is 0 Å². The van der Waals surface area contributed by atoms with Gasteiger partial charge in [-0.1, -0.05) is 6.07 Å². The van der Waals surface area contributed by atoms with Gasteiger partial charge in [-0.3, -0.25) is 0 Å². The van der Waals surface area contributed by atoms with E-state index in [4.69, 9.17) is 9.47 Å². The number of ether oxygens (including phenoxy) is 2. The first-order chi connectivity index (χ1) is 9.33. The summed E-state index contributed by atoms with van der Waals surface area (Å²) in [6.07, 6.45) is 3.25. The molecule has 19 heavy (non-hydrogen) atoms. The van der Waals surface area contributed by atoms with Gasteiger partial charge in [-0.2, -0.15) is 10.2 Å². The molecule has 1 N–H and O–H groups in total. The number of aromatic amines is 1. The van der Waals surface area contributed by atoms with Crippen molar-refractivity contribution in [2.24, 2.45) is 0 Å². The molecular weight excluding hydrogens is 244 g/mol. The minimum absolute atomic E-state index is 0.643. The zero-order valence-corrected chi connectivity index (χ0v) is 10.5. The van der Waals surface area contributed by atoms with Crippen molar-refractivity contribution in [3.05, 3.63) is 30.6 Å². The summed E-state index contributed by atoms with van der Waals surface area (Å²) >= 11 is 0. The van der Waals surface area contributed by atoms with Gasteiger partial charge in [-0.25, -0.2) is 4.98 Å². The Kier molecular flexibility index (Phi) is 2.75. The molecule has 0 amide bonds. The van der Waals surface area contributed by atoms with E-state index in [2.05, 4.69) is 20.2 Å². The number of rotatable bonds is 3. The molecule has 0 unspecified atom stereocenters. The first-order valence-electron chi connectivity index (χ1n) is 5.71. The van der Waals surface area contributed by atoms with Gasteiger partial charge < -0.3 is 14.5 Å². The number of methoxy groups -OCH3 is 2. The summed E-state index contributed by atoms with van der Waals surface area (Å²) in [5.74, 6) is 2.00. The fourth-order valence-electron chi connectivity index (χ4n) is 1.98. The number of nitrogens with one attached hydrogen (secondary N) is 1. The normalized spacial score (nSPS) is 10.6. The maximum Gasteiger partial charge on any atom is 0.171 e. The van der Waals surface area contributed by atoms with Crippen molar-refractivity contribution in [3.63, 3.8) is 0 Å². The quantitative estimate of drug-likeness (QED) is 0.776. The summed E-state index contributed by atoms with van der Waals surface area (Å²) in [7, 11) is 3.21. The Morgan fingerprint density at radius 3 is 2.63 bits per heavy atom. The Morgan fingerprint density at radius 1 is 1.05 bits per heavy atom. The molecule has 0 atom stereocenters. The van der Waals surface area contributed by atoms with Crippen LogP contribution in [0.25, 0.3) is 22.4 Å². The van der Waals surface area contributed by atoms with E-state index in [-0.39, 0.29) is 0 Å². The number of H-pyrrole nitrogens is 1. The minimum atomic E-state index is 0.643. The Labute approximate surface area is 109 Å². The number of nitrogens with zero attached hydrogens (tertiary/aromatic N) is 3. The number of fused-ring (bicyclic) bond motifs is 1. The summed E-state index contributed by atoms with van der Waals surface area (Å²) in [6.45, 7) is 0. The summed E-state index contributed by atoms with van der Waals surface area (Å²) in [5, 5.41) is 7.63. The average Bonchev–Trinajstić information content (AvgIpc) is 2.89. The Balaban J connectivity index is 2.20. The fraction of sp³-hybridized carbons (Fsp3) is 0.154. The Morgan fingerprint density at radius 2 is 1.89 bits per heavy atom. The van der Waals surface area contributed by atoms with Crippen LogP contribution in [0.5, 0.6) is 11.5 Å². The highest BCUT2D eigenvalue weighted by Gasteiger charge is 2.14. The third kappa shape index (κ3) is 1.87. The number of benzene rings is 1. The van der Waals surface area contributed by atoms with Crippen molar-refractivity contribution >= 4 is 11.0 Å². The third-order valence-corrected chi connectivity index (χ3v) is 2.85. The van der Waals surface area contributed by atoms with Gasteiger partial charge >= 0.3 is 0 Å². The first kappa shape index (κ1) is 11.5. The molecule has 3 aromatic rings. The van der Waals surface area contributed by atoms with Gasteiger partial charge in [-0.15, -0.1) is 0 Å². The Bertz CT molecular complexity index is 690. The van der Waals surface area contributed by atoms with Crippen molar-refractivity contribution in [1.82, 2.24) is 20.2 Å². The van der Waals surface area contributed by atoms with Crippen molar-refractivity contribution in [3.8, 4) is 22.9 Å². The van der Waals surface area contributed by atoms with Crippen LogP contribution in [0.3, 0.4) is 0 Å². The molecule has 0 saturated heterocycles. The van der Waals surface area contributed by atoms with Gasteiger partial charge in [0.05, 0.1) is 37.7 Å².